The predicted octanol–water partition coefficient (Wildman–Crippen LogP) is 5.24. The van der Waals surface area contributed by atoms with Crippen LogP contribution in [0.5, 0.6) is 0 Å². The highest BCUT2D eigenvalue weighted by Crippen LogP contribution is 2.38. The van der Waals surface area contributed by atoms with Crippen LogP contribution in [0.15, 0.2) is 58.3 Å². The van der Waals surface area contributed by atoms with Crippen molar-refractivity contribution in [3.8, 4) is 0 Å². The molecule has 4 rings (SSSR count). The van der Waals surface area contributed by atoms with Crippen LogP contribution in [-0.4, -0.2) is 54.2 Å². The molecule has 0 bridgehead atoms. The van der Waals surface area contributed by atoms with E-state index in [1.54, 1.807) is 59.1 Å². The minimum atomic E-state index is -0.309. The summed E-state index contributed by atoms with van der Waals surface area (Å²) in [5, 5.41) is 10.6. The van der Waals surface area contributed by atoms with E-state index in [-0.39, 0.29) is 30.9 Å². The van der Waals surface area contributed by atoms with Gasteiger partial charge >= 0.3 is 0 Å². The van der Waals surface area contributed by atoms with Crippen molar-refractivity contribution in [2.45, 2.75) is 19.4 Å². The van der Waals surface area contributed by atoms with Crippen molar-refractivity contribution in [1.29, 1.82) is 0 Å². The van der Waals surface area contributed by atoms with Crippen molar-refractivity contribution in [3.63, 3.8) is 0 Å². The molecule has 172 valence electrons. The molecule has 0 fully saturated rings. The lowest BCUT2D eigenvalue weighted by Crippen LogP contribution is -2.42. The Labute approximate surface area is 206 Å². The normalized spacial score (nSPS) is 15.5. The Bertz CT molecular complexity index is 1160. The topological polar surface area (TPSA) is 62.2 Å². The predicted molar refractivity (Wildman–Crippen MR) is 133 cm³/mol. The average molecular weight is 502 g/mol. The Hall–Kier alpha value is -2.52. The first-order valence-electron chi connectivity index (χ1n) is 10.5. The largest absolute Gasteiger partial charge is 0.383 e. The summed E-state index contributed by atoms with van der Waals surface area (Å²) in [6.45, 7) is 2.50. The molecule has 0 spiro atoms. The fourth-order valence-corrected chi connectivity index (χ4v) is 5.71. The molecule has 3 heterocycles. The third-order valence-corrected chi connectivity index (χ3v) is 7.83. The quantitative estimate of drug-likeness (QED) is 0.424. The Balaban J connectivity index is 1.61. The molecular weight excluding hydrogens is 478 g/mol. The number of aryl methyl sites for hydroxylation is 1. The molecule has 0 N–H and O–H groups in total. The van der Waals surface area contributed by atoms with Crippen molar-refractivity contribution < 1.29 is 14.3 Å². The summed E-state index contributed by atoms with van der Waals surface area (Å²) in [5.41, 5.74) is 2.38. The smallest absolute Gasteiger partial charge is 0.262 e. The van der Waals surface area contributed by atoms with Crippen LogP contribution >= 0.6 is 34.3 Å². The van der Waals surface area contributed by atoms with E-state index in [0.29, 0.717) is 23.6 Å². The molecule has 2 amide bonds. The fourth-order valence-electron chi connectivity index (χ4n) is 3.76. The Kier molecular flexibility index (Phi) is 7.60. The minimum Gasteiger partial charge on any atom is -0.383 e. The van der Waals surface area contributed by atoms with E-state index < -0.39 is 0 Å². The molecule has 3 aromatic rings. The molecule has 2 aromatic heterocycles. The number of hydrogen-bond donors (Lipinski definition) is 0. The number of halogens is 1. The van der Waals surface area contributed by atoms with E-state index in [1.165, 1.54) is 4.90 Å². The number of carbonyl (C=O) groups is 2. The number of benzene rings is 1. The van der Waals surface area contributed by atoms with Crippen LogP contribution in [0.25, 0.3) is 0 Å². The zero-order chi connectivity index (χ0) is 23.4. The van der Waals surface area contributed by atoms with Gasteiger partial charge in [0.05, 0.1) is 33.8 Å². The van der Waals surface area contributed by atoms with Crippen molar-refractivity contribution in [2.24, 2.45) is 5.10 Å². The van der Waals surface area contributed by atoms with Gasteiger partial charge in [0.25, 0.3) is 11.8 Å². The Morgan fingerprint density at radius 1 is 1.18 bits per heavy atom. The van der Waals surface area contributed by atoms with E-state index in [2.05, 4.69) is 6.07 Å². The van der Waals surface area contributed by atoms with Crippen LogP contribution in [0.4, 0.5) is 0 Å². The lowest BCUT2D eigenvalue weighted by Gasteiger charge is -2.27. The maximum Gasteiger partial charge on any atom is 0.262 e. The van der Waals surface area contributed by atoms with Crippen molar-refractivity contribution in [3.05, 3.63) is 79.1 Å². The number of hydrazone groups is 1. The number of thiophene rings is 2. The molecular formula is C24H24ClN3O3S2. The van der Waals surface area contributed by atoms with Gasteiger partial charge in [0, 0.05) is 25.0 Å². The summed E-state index contributed by atoms with van der Waals surface area (Å²) in [6.07, 6.45) is 0.643. The van der Waals surface area contributed by atoms with Crippen LogP contribution < -0.4 is 0 Å². The van der Waals surface area contributed by atoms with Crippen molar-refractivity contribution in [2.75, 3.05) is 26.8 Å². The molecule has 0 radical (unpaired) electrons. The number of rotatable bonds is 8. The van der Waals surface area contributed by atoms with E-state index in [4.69, 9.17) is 21.4 Å². The number of methoxy groups -OCH3 is 1. The molecule has 1 aromatic carbocycles. The highest BCUT2D eigenvalue weighted by Gasteiger charge is 2.36. The first kappa shape index (κ1) is 23.6. The molecule has 6 nitrogen and oxygen atoms in total. The minimum absolute atomic E-state index is 0.116. The summed E-state index contributed by atoms with van der Waals surface area (Å²) in [6, 6.07) is 12.7. The van der Waals surface area contributed by atoms with E-state index in [9.17, 15) is 9.59 Å². The Morgan fingerprint density at radius 3 is 2.67 bits per heavy atom. The van der Waals surface area contributed by atoms with E-state index in [1.807, 2.05) is 29.8 Å². The molecule has 0 saturated heterocycles. The summed E-state index contributed by atoms with van der Waals surface area (Å²) in [4.78, 5) is 30.4. The van der Waals surface area contributed by atoms with Crippen LogP contribution in [0.3, 0.4) is 0 Å². The highest BCUT2D eigenvalue weighted by atomic mass is 35.5. The molecule has 0 saturated carbocycles. The second-order valence-electron chi connectivity index (χ2n) is 7.65. The van der Waals surface area contributed by atoms with Gasteiger partial charge in [-0.05, 0) is 47.5 Å². The molecule has 0 aliphatic carbocycles. The summed E-state index contributed by atoms with van der Waals surface area (Å²) in [5.74, 6) is -0.549. The SMILES string of the molecule is COCCN(CC(=O)N1N=C(c2cccs2)C[C@H]1c1sccc1C)C(=O)c1ccccc1Cl. The third kappa shape index (κ3) is 5.19. The monoisotopic (exact) mass is 501 g/mol. The maximum atomic E-state index is 13.5. The van der Waals surface area contributed by atoms with Crippen LogP contribution in [0, 0.1) is 6.92 Å². The van der Waals surface area contributed by atoms with Gasteiger partial charge in [-0.3, -0.25) is 9.59 Å². The van der Waals surface area contributed by atoms with Crippen molar-refractivity contribution >= 4 is 51.8 Å². The zero-order valence-corrected chi connectivity index (χ0v) is 20.8. The van der Waals surface area contributed by atoms with Gasteiger partial charge in [0.1, 0.15) is 6.54 Å². The molecule has 1 aliphatic heterocycles. The molecule has 1 aliphatic rings. The summed E-state index contributed by atoms with van der Waals surface area (Å²) in [7, 11) is 1.56. The van der Waals surface area contributed by atoms with E-state index >= 15 is 0 Å². The number of nitrogens with zero attached hydrogens (tertiary/aromatic N) is 3. The maximum absolute atomic E-state index is 13.5. The van der Waals surface area contributed by atoms with Gasteiger partial charge in [-0.25, -0.2) is 5.01 Å². The number of carbonyl (C=O) groups excluding carboxylic acids is 2. The first-order chi connectivity index (χ1) is 16.0. The van der Waals surface area contributed by atoms with Crippen LogP contribution in [-0.2, 0) is 9.53 Å². The van der Waals surface area contributed by atoms with Crippen molar-refractivity contribution in [1.82, 2.24) is 9.91 Å². The van der Waals surface area contributed by atoms with Gasteiger partial charge in [-0.1, -0.05) is 29.8 Å². The highest BCUT2D eigenvalue weighted by molar-refractivity contribution is 7.12. The second-order valence-corrected chi connectivity index (χ2v) is 9.95. The lowest BCUT2D eigenvalue weighted by molar-refractivity contribution is -0.133. The van der Waals surface area contributed by atoms with Gasteiger partial charge in [-0.15, -0.1) is 22.7 Å². The zero-order valence-electron chi connectivity index (χ0n) is 18.4. The Morgan fingerprint density at radius 2 is 2.00 bits per heavy atom. The van der Waals surface area contributed by atoms with Gasteiger partial charge in [0.15, 0.2) is 0 Å². The summed E-state index contributed by atoms with van der Waals surface area (Å²) >= 11 is 9.48. The first-order valence-corrected chi connectivity index (χ1v) is 12.6. The van der Waals surface area contributed by atoms with Gasteiger partial charge < -0.3 is 9.64 Å². The van der Waals surface area contributed by atoms with E-state index in [0.717, 1.165) is 21.0 Å². The summed E-state index contributed by atoms with van der Waals surface area (Å²) < 4.78 is 5.18. The standard InChI is InChI=1S/C24H24ClN3O3S2/c1-16-9-13-33-23(16)20-14-19(21-8-5-12-32-21)26-28(20)22(29)15-27(10-11-31-2)24(30)17-6-3-4-7-18(17)25/h3-9,12-13,20H,10-11,14-15H2,1-2H3/t20-/m0/s1. The fraction of sp³-hybridized carbons (Fsp3) is 0.292. The number of amides is 2. The van der Waals surface area contributed by atoms with Crippen LogP contribution in [0.2, 0.25) is 5.02 Å². The van der Waals surface area contributed by atoms with Gasteiger partial charge in [0.2, 0.25) is 0 Å². The molecule has 1 atom stereocenters. The van der Waals surface area contributed by atoms with Crippen LogP contribution in [0.1, 0.15) is 38.1 Å². The van der Waals surface area contributed by atoms with Gasteiger partial charge in [-0.2, -0.15) is 5.10 Å². The second kappa shape index (κ2) is 10.6. The molecule has 33 heavy (non-hydrogen) atoms. The molecule has 0 unspecified atom stereocenters. The number of ether oxygens (including phenoxy) is 1. The third-order valence-electron chi connectivity index (χ3n) is 5.46. The number of hydrogen-bond acceptors (Lipinski definition) is 6. The lowest BCUT2D eigenvalue weighted by atomic mass is 10.1. The molecule has 9 heteroatoms. The average Bonchev–Trinajstić information content (AvgIpc) is 3.56.